The van der Waals surface area contributed by atoms with Crippen molar-refractivity contribution in [2.75, 3.05) is 34.2 Å². The zero-order valence-corrected chi connectivity index (χ0v) is 17.7. The molecule has 2 aliphatic rings. The van der Waals surface area contributed by atoms with Gasteiger partial charge >= 0.3 is 5.69 Å². The first kappa shape index (κ1) is 21.4. The summed E-state index contributed by atoms with van der Waals surface area (Å²) < 4.78 is 3.00. The number of hydrogen-bond acceptors (Lipinski definition) is 7. The fraction of sp³-hybridized carbons (Fsp3) is 0.474. The number of rotatable bonds is 8. The molecule has 0 bridgehead atoms. The first-order valence-corrected chi connectivity index (χ1v) is 9.87. The molecular weight excluding hydrogens is 394 g/mol. The molecule has 0 amide bonds. The summed E-state index contributed by atoms with van der Waals surface area (Å²) in [6.45, 7) is 2.23. The number of nitrogens with two attached hydrogens (primary N) is 1. The maximum absolute atomic E-state index is 13.0. The van der Waals surface area contributed by atoms with Crippen LogP contribution < -0.4 is 17.1 Å². The smallest absolute Gasteiger partial charge is 0.322 e. The molecule has 0 unspecified atom stereocenters. The molecule has 1 aromatic rings. The van der Waals surface area contributed by atoms with E-state index in [0.717, 1.165) is 23.0 Å². The van der Waals surface area contributed by atoms with Gasteiger partial charge in [-0.15, -0.1) is 0 Å². The van der Waals surface area contributed by atoms with Gasteiger partial charge in [0.15, 0.2) is 11.5 Å². The molecule has 0 fully saturated rings. The second kappa shape index (κ2) is 9.00. The summed E-state index contributed by atoms with van der Waals surface area (Å²) >= 11 is 6.19. The molecule has 2 heterocycles. The maximum Gasteiger partial charge on any atom is 0.352 e. The Morgan fingerprint density at radius 1 is 1.03 bits per heavy atom. The molecular formula is C19H26ClN7O2. The lowest BCUT2D eigenvalue weighted by Gasteiger charge is -2.19. The van der Waals surface area contributed by atoms with E-state index in [1.807, 2.05) is 18.7 Å². The van der Waals surface area contributed by atoms with Crippen LogP contribution in [0.4, 0.5) is 0 Å². The average Bonchev–Trinajstić information content (AvgIpc) is 2.64. The zero-order valence-electron chi connectivity index (χ0n) is 16.9. The molecule has 0 atom stereocenters. The van der Waals surface area contributed by atoms with Crippen LogP contribution in [0.15, 0.2) is 27.8 Å². The van der Waals surface area contributed by atoms with Gasteiger partial charge in [0.25, 0.3) is 5.56 Å². The van der Waals surface area contributed by atoms with Gasteiger partial charge in [-0.1, -0.05) is 11.6 Å². The molecule has 9 nitrogen and oxygen atoms in total. The van der Waals surface area contributed by atoms with Crippen molar-refractivity contribution >= 4 is 22.6 Å². The second-order valence-electron chi connectivity index (χ2n) is 7.41. The molecule has 156 valence electrons. The molecule has 2 N–H and O–H groups in total. The van der Waals surface area contributed by atoms with Gasteiger partial charge in [-0.05, 0) is 51.7 Å². The van der Waals surface area contributed by atoms with Crippen molar-refractivity contribution in [1.29, 1.82) is 0 Å². The largest absolute Gasteiger partial charge is 0.352 e. The molecule has 29 heavy (non-hydrogen) atoms. The number of halogens is 1. The molecule has 3 rings (SSSR count). The van der Waals surface area contributed by atoms with Crippen LogP contribution in [-0.2, 0) is 13.1 Å². The summed E-state index contributed by atoms with van der Waals surface area (Å²) in [4.78, 5) is 36.4. The predicted molar refractivity (Wildman–Crippen MR) is 114 cm³/mol. The monoisotopic (exact) mass is 419 g/mol. The van der Waals surface area contributed by atoms with Gasteiger partial charge in [0, 0.05) is 31.7 Å². The van der Waals surface area contributed by atoms with E-state index in [2.05, 4.69) is 14.9 Å². The van der Waals surface area contributed by atoms with Crippen molar-refractivity contribution in [2.24, 2.45) is 5.84 Å². The van der Waals surface area contributed by atoms with E-state index in [-0.39, 0.29) is 12.2 Å². The quantitative estimate of drug-likeness (QED) is 0.328. The third-order valence-electron chi connectivity index (χ3n) is 4.69. The van der Waals surface area contributed by atoms with E-state index >= 15 is 0 Å². The minimum atomic E-state index is -0.577. The van der Waals surface area contributed by atoms with Crippen LogP contribution in [0.2, 0.25) is 5.02 Å². The van der Waals surface area contributed by atoms with E-state index in [9.17, 15) is 9.59 Å². The van der Waals surface area contributed by atoms with Crippen LogP contribution in [-0.4, -0.2) is 63.2 Å². The topological polar surface area (TPSA) is 102 Å². The predicted octanol–water partition coefficient (Wildman–Crippen LogP) is 0.859. The molecule has 1 aromatic carbocycles. The number of aromatic nitrogens is 4. The summed E-state index contributed by atoms with van der Waals surface area (Å²) in [5.74, 6) is 5.90. The molecule has 10 heteroatoms. The summed E-state index contributed by atoms with van der Waals surface area (Å²) in [5, 5.41) is 2.07. The lowest BCUT2D eigenvalue weighted by molar-refractivity contribution is 0.332. The summed E-state index contributed by atoms with van der Waals surface area (Å²) in [5.41, 5.74) is 0.560. The van der Waals surface area contributed by atoms with Crippen molar-refractivity contribution in [1.82, 2.24) is 29.0 Å². The van der Waals surface area contributed by atoms with Crippen LogP contribution in [0.25, 0.3) is 22.6 Å². The normalized spacial score (nSPS) is 12.0. The molecule has 0 radical (unpaired) electrons. The highest BCUT2D eigenvalue weighted by Gasteiger charge is 2.21. The van der Waals surface area contributed by atoms with E-state index in [1.165, 1.54) is 5.01 Å². The highest BCUT2D eigenvalue weighted by molar-refractivity contribution is 6.31. The van der Waals surface area contributed by atoms with Crippen molar-refractivity contribution in [3.63, 3.8) is 0 Å². The van der Waals surface area contributed by atoms with Crippen molar-refractivity contribution in [3.8, 4) is 11.5 Å². The Hall–Kier alpha value is -2.33. The van der Waals surface area contributed by atoms with Crippen LogP contribution in [0.1, 0.15) is 12.8 Å². The van der Waals surface area contributed by atoms with Crippen LogP contribution >= 0.6 is 11.6 Å². The SMILES string of the molecule is CN(C)CCCn1c2nc(=O)n(CCCN(C)N)c(=O)c-2nc2ccc(Cl)cc21. The first-order valence-electron chi connectivity index (χ1n) is 9.49. The Morgan fingerprint density at radius 3 is 2.41 bits per heavy atom. The minimum Gasteiger partial charge on any atom is -0.322 e. The third-order valence-corrected chi connectivity index (χ3v) is 4.92. The van der Waals surface area contributed by atoms with Crippen molar-refractivity contribution < 1.29 is 0 Å². The van der Waals surface area contributed by atoms with Crippen LogP contribution in [0.5, 0.6) is 0 Å². The Labute approximate surface area is 173 Å². The Bertz CT molecular complexity index is 1090. The maximum atomic E-state index is 13.0. The number of aryl methyl sites for hydroxylation is 1. The third kappa shape index (κ3) is 4.81. The number of hydrazine groups is 1. The number of hydrogen-bond donors (Lipinski definition) is 1. The fourth-order valence-electron chi connectivity index (χ4n) is 3.29. The molecule has 0 aliphatic carbocycles. The lowest BCUT2D eigenvalue weighted by atomic mass is 10.2. The summed E-state index contributed by atoms with van der Waals surface area (Å²) in [6, 6.07) is 5.30. The average molecular weight is 420 g/mol. The lowest BCUT2D eigenvalue weighted by Crippen LogP contribution is -2.39. The van der Waals surface area contributed by atoms with Gasteiger partial charge < -0.3 is 9.47 Å². The Morgan fingerprint density at radius 2 is 1.72 bits per heavy atom. The van der Waals surface area contributed by atoms with Crippen LogP contribution in [0.3, 0.4) is 0 Å². The first-order chi connectivity index (χ1) is 13.8. The second-order valence-corrected chi connectivity index (χ2v) is 7.85. The number of nitrogens with zero attached hydrogens (tertiary/aromatic N) is 6. The number of fused-ring (bicyclic) bond motifs is 2. The van der Waals surface area contributed by atoms with E-state index in [4.69, 9.17) is 17.4 Å². The van der Waals surface area contributed by atoms with Crippen molar-refractivity contribution in [2.45, 2.75) is 25.9 Å². The summed E-state index contributed by atoms with van der Waals surface area (Å²) in [6.07, 6.45) is 1.38. The van der Waals surface area contributed by atoms with Gasteiger partial charge in [-0.2, -0.15) is 4.98 Å². The zero-order chi connectivity index (χ0) is 21.1. The highest BCUT2D eigenvalue weighted by atomic mass is 35.5. The van der Waals surface area contributed by atoms with E-state index in [0.29, 0.717) is 35.9 Å². The molecule has 0 spiro atoms. The molecule has 0 saturated heterocycles. The standard InChI is InChI=1S/C19H26ClN7O2/c1-24(2)8-4-10-26-15-12-13(20)6-7-14(15)22-16-17(26)23-19(29)27(18(16)28)11-5-9-25(3)21/h6-7,12H,4-5,8-11,21H2,1-3H3. The van der Waals surface area contributed by atoms with E-state index in [1.54, 1.807) is 25.2 Å². The molecule has 2 aliphatic heterocycles. The Kier molecular flexibility index (Phi) is 6.63. The number of benzene rings is 1. The minimum absolute atomic E-state index is 0.186. The van der Waals surface area contributed by atoms with Gasteiger partial charge in [0.05, 0.1) is 11.0 Å². The molecule has 0 saturated carbocycles. The fourth-order valence-corrected chi connectivity index (χ4v) is 3.46. The van der Waals surface area contributed by atoms with Crippen molar-refractivity contribution in [3.05, 3.63) is 44.1 Å². The van der Waals surface area contributed by atoms with Gasteiger partial charge in [0.2, 0.25) is 0 Å². The molecule has 0 aromatic heterocycles. The van der Waals surface area contributed by atoms with Gasteiger partial charge in [-0.25, -0.2) is 9.78 Å². The van der Waals surface area contributed by atoms with E-state index < -0.39 is 11.2 Å². The highest BCUT2D eigenvalue weighted by Crippen LogP contribution is 2.24. The van der Waals surface area contributed by atoms with Gasteiger partial charge in [0.1, 0.15) is 0 Å². The van der Waals surface area contributed by atoms with Crippen LogP contribution in [0, 0.1) is 0 Å². The van der Waals surface area contributed by atoms with Gasteiger partial charge in [-0.3, -0.25) is 20.2 Å². The Balaban J connectivity index is 2.15. The summed E-state index contributed by atoms with van der Waals surface area (Å²) in [7, 11) is 5.72.